The SMILES string of the molecule is [Fe+2].[O-2].[O-2].[O]=[Pb].[Zn+2]. The van der Waals surface area contributed by atoms with Gasteiger partial charge in [0, 0.05) is 0 Å². The summed E-state index contributed by atoms with van der Waals surface area (Å²) in [4.78, 5) is 0. The van der Waals surface area contributed by atoms with Crippen LogP contribution in [0.2, 0.25) is 0 Å². The van der Waals surface area contributed by atoms with Crippen LogP contribution in [-0.2, 0) is 50.2 Å². The van der Waals surface area contributed by atoms with E-state index in [1.165, 1.54) is 0 Å². The zero-order valence-corrected chi connectivity index (χ0v) is 10.7. The molecule has 0 fully saturated rings. The molecule has 0 aromatic carbocycles. The Kier molecular flexibility index (Phi) is 549. The second-order valence-electron chi connectivity index (χ2n) is 0. The van der Waals surface area contributed by atoms with Crippen molar-refractivity contribution in [2.24, 2.45) is 0 Å². The van der Waals surface area contributed by atoms with Crippen molar-refractivity contribution in [2.45, 2.75) is 0 Å². The van der Waals surface area contributed by atoms with E-state index in [4.69, 9.17) is 2.69 Å². The van der Waals surface area contributed by atoms with Crippen molar-refractivity contribution in [1.29, 1.82) is 0 Å². The molecule has 0 heterocycles. The number of hydrogen-bond donors (Lipinski definition) is 0. The fourth-order valence-corrected chi connectivity index (χ4v) is 0. The van der Waals surface area contributed by atoms with Crippen LogP contribution in [0.4, 0.5) is 0 Å². The van der Waals surface area contributed by atoms with E-state index >= 15 is 0 Å². The van der Waals surface area contributed by atoms with E-state index < -0.39 is 0 Å². The predicted octanol–water partition coefficient (Wildman–Crippen LogP) is -0.742. The van der Waals surface area contributed by atoms with Gasteiger partial charge in [0.05, 0.1) is 0 Å². The van der Waals surface area contributed by atoms with Crippen molar-refractivity contribution in [3.63, 3.8) is 0 Å². The summed E-state index contributed by atoms with van der Waals surface area (Å²) >= 11 is 0.0556. The Bertz CT molecular complexity index is 10.8. The molecule has 0 spiro atoms. The summed E-state index contributed by atoms with van der Waals surface area (Å²) < 4.78 is 8.39. The molecule has 0 N–H and O–H groups in total. The van der Waals surface area contributed by atoms with Crippen LogP contribution in [0.5, 0.6) is 0 Å². The maximum Gasteiger partial charge on any atom is 2.00 e. The minimum absolute atomic E-state index is 0. The molecule has 0 aromatic rings. The molecule has 0 amide bonds. The smallest absolute Gasteiger partial charge is 2.00 e. The zero-order chi connectivity index (χ0) is 2.00. The molecule has 32 valence electrons. The topological polar surface area (TPSA) is 74.1 Å². The molecule has 6 heteroatoms. The third-order valence-corrected chi connectivity index (χ3v) is 0. The molecule has 0 aliphatic heterocycles. The Hall–Kier alpha value is 1.78. The van der Waals surface area contributed by atoms with E-state index in [2.05, 4.69) is 0 Å². The maximum absolute atomic E-state index is 8.39. The molecule has 3 nitrogen and oxygen atoms in total. The molecule has 0 unspecified atom stereocenters. The van der Waals surface area contributed by atoms with Crippen molar-refractivity contribution >= 4 is 25.8 Å². The van der Waals surface area contributed by atoms with E-state index in [-0.39, 0.29) is 73.3 Å². The van der Waals surface area contributed by atoms with Gasteiger partial charge in [-0.3, -0.25) is 0 Å². The summed E-state index contributed by atoms with van der Waals surface area (Å²) in [5, 5.41) is 0. The summed E-state index contributed by atoms with van der Waals surface area (Å²) in [5.74, 6) is 0. The van der Waals surface area contributed by atoms with Crippen molar-refractivity contribution < 1.29 is 50.2 Å². The molecule has 0 aromatic heterocycles. The van der Waals surface area contributed by atoms with Crippen LogP contribution in [-0.4, -0.2) is 25.8 Å². The van der Waals surface area contributed by atoms with Gasteiger partial charge in [-0.1, -0.05) is 0 Å². The summed E-state index contributed by atoms with van der Waals surface area (Å²) in [6.45, 7) is 0. The first kappa shape index (κ1) is 46.2. The van der Waals surface area contributed by atoms with Gasteiger partial charge in [-0.15, -0.1) is 0 Å². The second kappa shape index (κ2) is 71.3. The molecule has 0 aliphatic rings. The van der Waals surface area contributed by atoms with Crippen LogP contribution in [0.15, 0.2) is 0 Å². The van der Waals surface area contributed by atoms with Gasteiger partial charge in [-0.2, -0.15) is 0 Å². The molecule has 0 saturated carbocycles. The van der Waals surface area contributed by atoms with Crippen LogP contribution >= 0.6 is 0 Å². The molecule has 0 bridgehead atoms. The van der Waals surface area contributed by atoms with Gasteiger partial charge in [0.2, 0.25) is 0 Å². The van der Waals surface area contributed by atoms with E-state index in [0.717, 1.165) is 0 Å². The fraction of sp³-hybridized carbons (Fsp3) is 0. The van der Waals surface area contributed by atoms with Crippen molar-refractivity contribution in [1.82, 2.24) is 0 Å². The van der Waals surface area contributed by atoms with Gasteiger partial charge >= 0.3 is 65.0 Å². The third-order valence-electron chi connectivity index (χ3n) is 0. The van der Waals surface area contributed by atoms with Crippen molar-refractivity contribution in [3.8, 4) is 0 Å². The molecular weight excluding hydrogens is 376 g/mol. The monoisotopic (exact) mass is 376 g/mol. The Morgan fingerprint density at radius 3 is 1.00 bits per heavy atom. The first-order valence-electron chi connectivity index (χ1n) is 0.204. The minimum Gasteiger partial charge on any atom is 2.00 e. The molecule has 0 atom stereocenters. The predicted molar refractivity (Wildman–Crippen MR) is 7.81 cm³/mol. The summed E-state index contributed by atoms with van der Waals surface area (Å²) in [6, 6.07) is 0. The third kappa shape index (κ3) is 41.6. The van der Waals surface area contributed by atoms with Crippen LogP contribution in [0, 0.1) is 0 Å². The average Bonchev–Trinajstić information content (AvgIpc) is 1.00. The molecule has 6 heavy (non-hydrogen) atoms. The maximum atomic E-state index is 8.39. The first-order chi connectivity index (χ1) is 1.00. The van der Waals surface area contributed by atoms with Crippen LogP contribution in [0.3, 0.4) is 0 Å². The van der Waals surface area contributed by atoms with Crippen LogP contribution in [0.25, 0.3) is 0 Å². The zero-order valence-electron chi connectivity index (χ0n) is 2.79. The number of rotatable bonds is 0. The summed E-state index contributed by atoms with van der Waals surface area (Å²) in [6.07, 6.45) is 0. The van der Waals surface area contributed by atoms with Crippen LogP contribution < -0.4 is 0 Å². The van der Waals surface area contributed by atoms with E-state index in [9.17, 15) is 0 Å². The standard InChI is InChI=1S/Fe.3O.Pb.Zn/q+2;;2*-2;;+2. The van der Waals surface area contributed by atoms with Gasteiger partial charge in [-0.25, -0.2) is 0 Å². The molecule has 0 saturated heterocycles. The van der Waals surface area contributed by atoms with Gasteiger partial charge in [0.25, 0.3) is 0 Å². The van der Waals surface area contributed by atoms with E-state index in [1.54, 1.807) is 0 Å². The Morgan fingerprint density at radius 1 is 1.00 bits per heavy atom. The first-order valence-corrected chi connectivity index (χ1v) is 1.79. The Balaban J connectivity index is -0.000000000833. The van der Waals surface area contributed by atoms with E-state index in [1.807, 2.05) is 0 Å². The van der Waals surface area contributed by atoms with Crippen molar-refractivity contribution in [3.05, 3.63) is 0 Å². The summed E-state index contributed by atoms with van der Waals surface area (Å²) in [7, 11) is 0. The molecule has 0 aliphatic carbocycles. The minimum atomic E-state index is 0. The summed E-state index contributed by atoms with van der Waals surface area (Å²) in [5.41, 5.74) is 0. The van der Waals surface area contributed by atoms with Gasteiger partial charge in [-0.05, 0) is 0 Å². The van der Waals surface area contributed by atoms with Crippen LogP contribution in [0.1, 0.15) is 0 Å². The Labute approximate surface area is 75.3 Å². The quantitative estimate of drug-likeness (QED) is 0.513. The second-order valence-corrected chi connectivity index (χ2v) is 0. The number of hydrogen-bond acceptors (Lipinski definition) is 1. The molecule has 0 rings (SSSR count). The fourth-order valence-electron chi connectivity index (χ4n) is 0. The van der Waals surface area contributed by atoms with Gasteiger partial charge in [0.15, 0.2) is 0 Å². The normalized spacial score (nSPS) is 0.667. The average molecular weight is 376 g/mol. The largest absolute Gasteiger partial charge is 2.00 e. The van der Waals surface area contributed by atoms with Gasteiger partial charge < -0.3 is 11.0 Å². The van der Waals surface area contributed by atoms with Crippen molar-refractivity contribution in [2.75, 3.05) is 0 Å². The molecular formula is FeO3PbZn. The Morgan fingerprint density at radius 2 is 1.00 bits per heavy atom. The van der Waals surface area contributed by atoms with Gasteiger partial charge in [0.1, 0.15) is 0 Å². The molecule has 2 radical (unpaired) electrons. The van der Waals surface area contributed by atoms with E-state index in [0.29, 0.717) is 0 Å².